The molecule has 3 rings (SSSR count). The van der Waals surface area contributed by atoms with E-state index >= 15 is 0 Å². The van der Waals surface area contributed by atoms with Crippen LogP contribution in [0.4, 0.5) is 0 Å². The zero-order valence-corrected chi connectivity index (χ0v) is 15.0. The van der Waals surface area contributed by atoms with Gasteiger partial charge in [-0.25, -0.2) is 10.1 Å². The van der Waals surface area contributed by atoms with Crippen molar-refractivity contribution >= 4 is 11.6 Å². The summed E-state index contributed by atoms with van der Waals surface area (Å²) < 4.78 is 5.78. The summed E-state index contributed by atoms with van der Waals surface area (Å²) in [6.07, 6.45) is 0.510. The minimum Gasteiger partial charge on any atom is -0.437 e. The number of hydrogen-bond donors (Lipinski definition) is 1. The summed E-state index contributed by atoms with van der Waals surface area (Å²) in [6.45, 7) is 3.52. The molecule has 0 radical (unpaired) electrons. The summed E-state index contributed by atoms with van der Waals surface area (Å²) in [6, 6.07) is 12.4. The van der Waals surface area contributed by atoms with E-state index in [0.29, 0.717) is 39.9 Å². The fourth-order valence-corrected chi connectivity index (χ4v) is 2.62. The fourth-order valence-electron chi connectivity index (χ4n) is 2.46. The lowest BCUT2D eigenvalue weighted by Crippen LogP contribution is -2.12. The molecule has 0 fully saturated rings. The first-order valence-electron chi connectivity index (χ1n) is 7.85. The molecule has 6 nitrogen and oxygen atoms in total. The molecule has 0 amide bonds. The Kier molecular flexibility index (Phi) is 5.01. The first-order valence-corrected chi connectivity index (χ1v) is 8.22. The molecule has 0 atom stereocenters. The lowest BCUT2D eigenvalue weighted by atomic mass is 10.1. The summed E-state index contributed by atoms with van der Waals surface area (Å²) in [7, 11) is 0. The van der Waals surface area contributed by atoms with E-state index in [2.05, 4.69) is 21.3 Å². The molecule has 0 saturated carbocycles. The Morgan fingerprint density at radius 1 is 1.23 bits per heavy atom. The van der Waals surface area contributed by atoms with Gasteiger partial charge >= 0.3 is 0 Å². The number of aromatic nitrogens is 3. The summed E-state index contributed by atoms with van der Waals surface area (Å²) in [5.74, 6) is 0.742. The van der Waals surface area contributed by atoms with Crippen molar-refractivity contribution in [1.82, 2.24) is 15.2 Å². The second-order valence-electron chi connectivity index (χ2n) is 5.86. The third kappa shape index (κ3) is 4.08. The van der Waals surface area contributed by atoms with Crippen LogP contribution in [0.2, 0.25) is 5.02 Å². The Labute approximate surface area is 155 Å². The van der Waals surface area contributed by atoms with E-state index in [1.54, 1.807) is 44.2 Å². The van der Waals surface area contributed by atoms with Gasteiger partial charge in [-0.3, -0.25) is 4.79 Å². The molecule has 0 aliphatic carbocycles. The number of nitrogens with zero attached hydrogens (tertiary/aromatic N) is 3. The van der Waals surface area contributed by atoms with E-state index < -0.39 is 0 Å². The van der Waals surface area contributed by atoms with Gasteiger partial charge in [0.1, 0.15) is 5.75 Å². The van der Waals surface area contributed by atoms with E-state index in [0.717, 1.165) is 11.3 Å². The molecule has 7 heteroatoms. The van der Waals surface area contributed by atoms with Crippen LogP contribution in [0.25, 0.3) is 0 Å². The molecule has 0 spiro atoms. The summed E-state index contributed by atoms with van der Waals surface area (Å²) in [5, 5.41) is 16.0. The largest absolute Gasteiger partial charge is 0.437 e. The van der Waals surface area contributed by atoms with Gasteiger partial charge in [-0.05, 0) is 43.7 Å². The molecule has 1 aromatic carbocycles. The van der Waals surface area contributed by atoms with Gasteiger partial charge in [0.15, 0.2) is 0 Å². The Morgan fingerprint density at radius 2 is 2.04 bits per heavy atom. The van der Waals surface area contributed by atoms with E-state index in [-0.39, 0.29) is 5.56 Å². The smallest absolute Gasteiger partial charge is 0.267 e. The molecule has 0 aliphatic rings. The number of ether oxygens (including phenoxy) is 1. The predicted octanol–water partition coefficient (Wildman–Crippen LogP) is 3.69. The number of aryl methyl sites for hydroxylation is 2. The van der Waals surface area contributed by atoms with Gasteiger partial charge in [0.2, 0.25) is 5.88 Å². The second kappa shape index (κ2) is 7.38. The van der Waals surface area contributed by atoms with Gasteiger partial charge in [-0.15, -0.1) is 0 Å². The fraction of sp³-hybridized carbons (Fsp3) is 0.158. The Bertz CT molecular complexity index is 1070. The van der Waals surface area contributed by atoms with E-state index in [4.69, 9.17) is 21.6 Å². The van der Waals surface area contributed by atoms with Gasteiger partial charge < -0.3 is 4.74 Å². The van der Waals surface area contributed by atoms with Gasteiger partial charge in [-0.2, -0.15) is 10.4 Å². The van der Waals surface area contributed by atoms with Crippen molar-refractivity contribution in [3.05, 3.63) is 79.9 Å². The standard InChI is InChI=1S/C19H15ClN4O2/c1-11-5-15(23-24-19(11)25)7-13-3-4-16(20)17(8-13)26-18-9-14(10-21)6-12(2)22-18/h3-6,8-9H,7H2,1-2H3,(H,24,25). The molecular weight excluding hydrogens is 352 g/mol. The molecule has 0 unspecified atom stereocenters. The number of pyridine rings is 1. The van der Waals surface area contributed by atoms with Crippen LogP contribution in [0, 0.1) is 25.2 Å². The topological polar surface area (TPSA) is 91.7 Å². The zero-order valence-electron chi connectivity index (χ0n) is 14.2. The molecule has 26 heavy (non-hydrogen) atoms. The highest BCUT2D eigenvalue weighted by Crippen LogP contribution is 2.30. The predicted molar refractivity (Wildman–Crippen MR) is 97.6 cm³/mol. The van der Waals surface area contributed by atoms with Crippen LogP contribution in [-0.4, -0.2) is 15.2 Å². The first-order chi connectivity index (χ1) is 12.4. The van der Waals surface area contributed by atoms with Crippen LogP contribution < -0.4 is 10.3 Å². The third-order valence-electron chi connectivity index (χ3n) is 3.70. The SMILES string of the molecule is Cc1cc(C#N)cc(Oc2cc(Cc3cc(C)c(=O)[nH]n3)ccc2Cl)n1. The minimum atomic E-state index is -0.201. The average molecular weight is 367 g/mol. The second-order valence-corrected chi connectivity index (χ2v) is 6.27. The summed E-state index contributed by atoms with van der Waals surface area (Å²) in [4.78, 5) is 15.7. The van der Waals surface area contributed by atoms with Crippen molar-refractivity contribution in [2.24, 2.45) is 0 Å². The molecule has 0 aliphatic heterocycles. The third-order valence-corrected chi connectivity index (χ3v) is 4.01. The van der Waals surface area contributed by atoms with Crippen LogP contribution in [0.15, 0.2) is 41.2 Å². The highest BCUT2D eigenvalue weighted by molar-refractivity contribution is 6.32. The maximum Gasteiger partial charge on any atom is 0.267 e. The molecule has 2 heterocycles. The van der Waals surface area contributed by atoms with E-state index in [1.165, 1.54) is 0 Å². The maximum absolute atomic E-state index is 11.4. The number of nitriles is 1. The minimum absolute atomic E-state index is 0.201. The van der Waals surface area contributed by atoms with Crippen molar-refractivity contribution in [2.75, 3.05) is 0 Å². The van der Waals surface area contributed by atoms with E-state index in [1.807, 2.05) is 6.07 Å². The van der Waals surface area contributed by atoms with Crippen molar-refractivity contribution in [1.29, 1.82) is 5.26 Å². The molecule has 3 aromatic rings. The number of halogens is 1. The van der Waals surface area contributed by atoms with Crippen molar-refractivity contribution < 1.29 is 4.74 Å². The lowest BCUT2D eigenvalue weighted by molar-refractivity contribution is 0.461. The van der Waals surface area contributed by atoms with Crippen molar-refractivity contribution in [2.45, 2.75) is 20.3 Å². The number of H-pyrrole nitrogens is 1. The van der Waals surface area contributed by atoms with Gasteiger partial charge in [-0.1, -0.05) is 17.7 Å². The molecule has 130 valence electrons. The number of benzene rings is 1. The zero-order chi connectivity index (χ0) is 18.7. The van der Waals surface area contributed by atoms with Crippen molar-refractivity contribution in [3.8, 4) is 17.7 Å². The molecule has 0 bridgehead atoms. The number of nitrogens with one attached hydrogen (secondary N) is 1. The summed E-state index contributed by atoms with van der Waals surface area (Å²) >= 11 is 6.23. The first kappa shape index (κ1) is 17.6. The molecule has 1 N–H and O–H groups in total. The maximum atomic E-state index is 11.4. The van der Waals surface area contributed by atoms with Gasteiger partial charge in [0.05, 0.1) is 22.3 Å². The Hall–Kier alpha value is -3.17. The summed E-state index contributed by atoms with van der Waals surface area (Å²) in [5.41, 5.74) is 3.19. The number of hydrogen-bond acceptors (Lipinski definition) is 5. The van der Waals surface area contributed by atoms with Crippen LogP contribution >= 0.6 is 11.6 Å². The molecule has 0 saturated heterocycles. The Morgan fingerprint density at radius 3 is 2.77 bits per heavy atom. The quantitative estimate of drug-likeness (QED) is 0.760. The van der Waals surface area contributed by atoms with Gasteiger partial charge in [0.25, 0.3) is 5.56 Å². The highest BCUT2D eigenvalue weighted by atomic mass is 35.5. The molecular formula is C19H15ClN4O2. The van der Waals surface area contributed by atoms with Crippen LogP contribution in [0.3, 0.4) is 0 Å². The van der Waals surface area contributed by atoms with Crippen LogP contribution in [-0.2, 0) is 6.42 Å². The van der Waals surface area contributed by atoms with Gasteiger partial charge in [0, 0.05) is 23.7 Å². The lowest BCUT2D eigenvalue weighted by Gasteiger charge is -2.10. The average Bonchev–Trinajstić information content (AvgIpc) is 2.60. The van der Waals surface area contributed by atoms with Crippen LogP contribution in [0.5, 0.6) is 11.6 Å². The number of aromatic amines is 1. The monoisotopic (exact) mass is 366 g/mol. The Balaban J connectivity index is 1.88. The normalized spacial score (nSPS) is 10.4. The highest BCUT2D eigenvalue weighted by Gasteiger charge is 2.09. The van der Waals surface area contributed by atoms with Crippen molar-refractivity contribution in [3.63, 3.8) is 0 Å². The van der Waals surface area contributed by atoms with Crippen LogP contribution in [0.1, 0.15) is 28.1 Å². The molecule has 2 aromatic heterocycles. The number of rotatable bonds is 4. The van der Waals surface area contributed by atoms with E-state index in [9.17, 15) is 4.79 Å².